The number of nitrogens with one attached hydrogen (secondary N) is 1. The number of carboxylic acids is 1. The van der Waals surface area contributed by atoms with Gasteiger partial charge in [0.25, 0.3) is 10.0 Å². The molecule has 0 spiro atoms. The molecule has 1 aromatic carbocycles. The van der Waals surface area contributed by atoms with Crippen LogP contribution in [-0.2, 0) is 10.0 Å². The summed E-state index contributed by atoms with van der Waals surface area (Å²) in [4.78, 5) is 14.9. The van der Waals surface area contributed by atoms with Crippen LogP contribution in [0.1, 0.15) is 22.3 Å². The summed E-state index contributed by atoms with van der Waals surface area (Å²) in [5.74, 6) is 4.28. The summed E-state index contributed by atoms with van der Waals surface area (Å²) in [6, 6.07) is 3.83. The topological polar surface area (TPSA) is 106 Å². The van der Waals surface area contributed by atoms with Crippen molar-refractivity contribution in [3.8, 4) is 17.6 Å². The maximum atomic E-state index is 12.3. The average Bonchev–Trinajstić information content (AvgIpc) is 2.97. The largest absolute Gasteiger partial charge is 0.495 e. The molecular formula is C14H12N2O5S2. The van der Waals surface area contributed by atoms with Crippen LogP contribution in [0.5, 0.6) is 5.75 Å². The number of rotatable bonds is 5. The van der Waals surface area contributed by atoms with Crippen molar-refractivity contribution in [3.05, 3.63) is 34.2 Å². The zero-order valence-corrected chi connectivity index (χ0v) is 13.8. The van der Waals surface area contributed by atoms with Crippen molar-refractivity contribution in [2.24, 2.45) is 0 Å². The van der Waals surface area contributed by atoms with Gasteiger partial charge in [-0.2, -0.15) is 8.42 Å². The predicted molar refractivity (Wildman–Crippen MR) is 85.4 cm³/mol. The number of nitrogens with zero attached hydrogens (tertiary/aromatic N) is 1. The summed E-state index contributed by atoms with van der Waals surface area (Å²) in [7, 11) is -2.61. The molecule has 23 heavy (non-hydrogen) atoms. The molecule has 0 saturated heterocycles. The van der Waals surface area contributed by atoms with Gasteiger partial charge < -0.3 is 9.84 Å². The first-order valence-corrected chi connectivity index (χ1v) is 8.56. The molecule has 1 heterocycles. The molecule has 0 unspecified atom stereocenters. The Balaban J connectivity index is 2.35. The second-order valence-electron chi connectivity index (χ2n) is 4.19. The van der Waals surface area contributed by atoms with Crippen LogP contribution in [0, 0.1) is 11.8 Å². The van der Waals surface area contributed by atoms with E-state index in [4.69, 9.17) is 9.84 Å². The van der Waals surface area contributed by atoms with E-state index in [0.29, 0.717) is 5.01 Å². The number of aromatic carboxylic acids is 1. The van der Waals surface area contributed by atoms with Gasteiger partial charge in [-0.25, -0.2) is 9.78 Å². The highest BCUT2D eigenvalue weighted by atomic mass is 32.2. The average molecular weight is 352 g/mol. The molecule has 2 N–H and O–H groups in total. The van der Waals surface area contributed by atoms with Crippen molar-refractivity contribution < 1.29 is 23.1 Å². The van der Waals surface area contributed by atoms with Gasteiger partial charge >= 0.3 is 5.97 Å². The van der Waals surface area contributed by atoms with Crippen molar-refractivity contribution in [3.63, 3.8) is 0 Å². The fourth-order valence-corrected chi connectivity index (χ4v) is 3.71. The van der Waals surface area contributed by atoms with E-state index < -0.39 is 16.0 Å². The highest BCUT2D eigenvalue weighted by Crippen LogP contribution is 2.28. The first-order chi connectivity index (χ1) is 10.9. The van der Waals surface area contributed by atoms with Gasteiger partial charge in [0.1, 0.15) is 5.75 Å². The SMILES string of the molecule is CC#Cc1nc(S(=O)(=O)Nc2ccc(C(=O)O)cc2OC)cs1. The number of thiazole rings is 1. The van der Waals surface area contributed by atoms with Gasteiger partial charge in [0.05, 0.1) is 18.4 Å². The lowest BCUT2D eigenvalue weighted by Gasteiger charge is -2.11. The van der Waals surface area contributed by atoms with Gasteiger partial charge in [-0.05, 0) is 31.0 Å². The number of anilines is 1. The molecule has 0 radical (unpaired) electrons. The third-order valence-corrected chi connectivity index (χ3v) is 4.84. The Kier molecular flexibility index (Phi) is 4.88. The van der Waals surface area contributed by atoms with E-state index in [-0.39, 0.29) is 22.0 Å². The second-order valence-corrected chi connectivity index (χ2v) is 6.68. The molecule has 0 saturated carbocycles. The zero-order valence-electron chi connectivity index (χ0n) is 12.2. The van der Waals surface area contributed by atoms with E-state index in [0.717, 1.165) is 11.3 Å². The monoisotopic (exact) mass is 352 g/mol. The van der Waals surface area contributed by atoms with E-state index in [9.17, 15) is 13.2 Å². The van der Waals surface area contributed by atoms with Gasteiger partial charge in [0.15, 0.2) is 10.0 Å². The Morgan fingerprint density at radius 1 is 1.43 bits per heavy atom. The lowest BCUT2D eigenvalue weighted by molar-refractivity contribution is 0.0696. The Morgan fingerprint density at radius 2 is 2.17 bits per heavy atom. The van der Waals surface area contributed by atoms with Crippen LogP contribution in [0.3, 0.4) is 0 Å². The van der Waals surface area contributed by atoms with E-state index in [1.54, 1.807) is 6.92 Å². The molecule has 1 aromatic heterocycles. The van der Waals surface area contributed by atoms with Crippen LogP contribution in [0.4, 0.5) is 5.69 Å². The summed E-state index contributed by atoms with van der Waals surface area (Å²) in [5, 5.41) is 10.5. The molecule has 0 fully saturated rings. The standard InChI is InChI=1S/C14H12N2O5S2/c1-3-4-12-15-13(8-22-12)23(19,20)16-10-6-5-9(14(17)18)7-11(10)21-2/h5-8,16H,1-2H3,(H,17,18). The van der Waals surface area contributed by atoms with E-state index in [1.807, 2.05) is 0 Å². The number of hydrogen-bond donors (Lipinski definition) is 2. The highest BCUT2D eigenvalue weighted by Gasteiger charge is 2.20. The summed E-state index contributed by atoms with van der Waals surface area (Å²) < 4.78 is 32.0. The number of ether oxygens (including phenoxy) is 1. The molecule has 7 nitrogen and oxygen atoms in total. The Labute approximate surface area is 137 Å². The molecule has 0 amide bonds. The van der Waals surface area contributed by atoms with Gasteiger partial charge in [-0.1, -0.05) is 5.92 Å². The van der Waals surface area contributed by atoms with Crippen molar-refractivity contribution >= 4 is 33.0 Å². The molecule has 9 heteroatoms. The summed E-state index contributed by atoms with van der Waals surface area (Å²) >= 11 is 1.12. The van der Waals surface area contributed by atoms with Gasteiger partial charge in [-0.15, -0.1) is 11.3 Å². The number of hydrogen-bond acceptors (Lipinski definition) is 6. The van der Waals surface area contributed by atoms with Crippen LogP contribution in [-0.4, -0.2) is 31.6 Å². The van der Waals surface area contributed by atoms with Crippen LogP contribution < -0.4 is 9.46 Å². The minimum absolute atomic E-state index is 0.0148. The highest BCUT2D eigenvalue weighted by molar-refractivity contribution is 7.92. The molecule has 0 aliphatic rings. The smallest absolute Gasteiger partial charge is 0.335 e. The maximum Gasteiger partial charge on any atom is 0.335 e. The van der Waals surface area contributed by atoms with Crippen molar-refractivity contribution in [1.82, 2.24) is 4.98 Å². The molecule has 0 atom stereocenters. The van der Waals surface area contributed by atoms with Crippen molar-refractivity contribution in [2.45, 2.75) is 11.9 Å². The number of carboxylic acid groups (broad SMARTS) is 1. The zero-order chi connectivity index (χ0) is 17.0. The Morgan fingerprint density at radius 3 is 2.78 bits per heavy atom. The quantitative estimate of drug-likeness (QED) is 0.798. The van der Waals surface area contributed by atoms with E-state index in [2.05, 4.69) is 21.5 Å². The number of sulfonamides is 1. The fraction of sp³-hybridized carbons (Fsp3) is 0.143. The third kappa shape index (κ3) is 3.80. The lowest BCUT2D eigenvalue weighted by Crippen LogP contribution is -2.14. The number of methoxy groups -OCH3 is 1. The third-order valence-electron chi connectivity index (χ3n) is 2.68. The number of carbonyl (C=O) groups is 1. The number of aromatic nitrogens is 1. The fourth-order valence-electron chi connectivity index (χ4n) is 1.65. The van der Waals surface area contributed by atoms with Gasteiger partial charge in [0, 0.05) is 5.38 Å². The molecule has 0 aliphatic carbocycles. The molecular weight excluding hydrogens is 340 g/mol. The summed E-state index contributed by atoms with van der Waals surface area (Å²) in [6.45, 7) is 1.63. The van der Waals surface area contributed by atoms with Crippen LogP contribution in [0.2, 0.25) is 0 Å². The lowest BCUT2D eigenvalue weighted by atomic mass is 10.2. The minimum atomic E-state index is -3.92. The minimum Gasteiger partial charge on any atom is -0.495 e. The number of benzene rings is 1. The Bertz CT molecular complexity index is 907. The predicted octanol–water partition coefficient (Wildman–Crippen LogP) is 2.02. The summed E-state index contributed by atoms with van der Waals surface area (Å²) in [5.41, 5.74) is 0.104. The first-order valence-electron chi connectivity index (χ1n) is 6.20. The maximum absolute atomic E-state index is 12.3. The molecule has 2 rings (SSSR count). The molecule has 2 aromatic rings. The molecule has 120 valence electrons. The Hall–Kier alpha value is -2.57. The van der Waals surface area contributed by atoms with E-state index >= 15 is 0 Å². The molecule has 0 bridgehead atoms. The molecule has 0 aliphatic heterocycles. The van der Waals surface area contributed by atoms with Crippen molar-refractivity contribution in [1.29, 1.82) is 0 Å². The van der Waals surface area contributed by atoms with Crippen LogP contribution in [0.15, 0.2) is 28.6 Å². The first kappa shape index (κ1) is 16.8. The second kappa shape index (κ2) is 6.68. The normalized spacial score (nSPS) is 10.5. The van der Waals surface area contributed by atoms with Crippen LogP contribution >= 0.6 is 11.3 Å². The summed E-state index contributed by atoms with van der Waals surface area (Å²) in [6.07, 6.45) is 0. The van der Waals surface area contributed by atoms with Gasteiger partial charge in [0.2, 0.25) is 0 Å². The van der Waals surface area contributed by atoms with Crippen molar-refractivity contribution in [2.75, 3.05) is 11.8 Å². The van der Waals surface area contributed by atoms with Gasteiger partial charge in [-0.3, -0.25) is 4.72 Å². The van der Waals surface area contributed by atoms with Crippen LogP contribution in [0.25, 0.3) is 0 Å². The van der Waals surface area contributed by atoms with E-state index in [1.165, 1.54) is 30.7 Å².